The van der Waals surface area contributed by atoms with E-state index in [1.807, 2.05) is 43.3 Å². The van der Waals surface area contributed by atoms with E-state index in [-0.39, 0.29) is 11.8 Å². The van der Waals surface area contributed by atoms with Gasteiger partial charge < -0.3 is 14.4 Å². The molecule has 2 amide bonds. The van der Waals surface area contributed by atoms with Crippen LogP contribution in [0.15, 0.2) is 54.2 Å². The SMILES string of the molecule is CCOCCCN1C(=O)C(c2ccc(OC)cc2)=C(N2CCc3ccccc3C2)C1=O. The molecule has 4 rings (SSSR count). The second kappa shape index (κ2) is 9.35. The lowest BCUT2D eigenvalue weighted by atomic mass is 9.98. The van der Waals surface area contributed by atoms with Crippen molar-refractivity contribution in [3.63, 3.8) is 0 Å². The van der Waals surface area contributed by atoms with Crippen molar-refractivity contribution in [2.75, 3.05) is 33.4 Å². The summed E-state index contributed by atoms with van der Waals surface area (Å²) in [6.07, 6.45) is 1.47. The van der Waals surface area contributed by atoms with Gasteiger partial charge in [0.2, 0.25) is 0 Å². The van der Waals surface area contributed by atoms with Crippen LogP contribution in [0.1, 0.15) is 30.0 Å². The number of carbonyl (C=O) groups is 2. The van der Waals surface area contributed by atoms with Crippen molar-refractivity contribution in [1.82, 2.24) is 9.80 Å². The predicted octanol–water partition coefficient (Wildman–Crippen LogP) is 3.26. The molecule has 2 aliphatic heterocycles. The molecule has 2 aliphatic rings. The van der Waals surface area contributed by atoms with Crippen LogP contribution < -0.4 is 4.74 Å². The molecular weight excluding hydrogens is 392 g/mol. The smallest absolute Gasteiger partial charge is 0.277 e. The molecule has 0 saturated heterocycles. The predicted molar refractivity (Wildman–Crippen MR) is 118 cm³/mol. The molecule has 0 radical (unpaired) electrons. The van der Waals surface area contributed by atoms with Crippen LogP contribution in [0.4, 0.5) is 0 Å². The molecule has 0 bridgehead atoms. The molecule has 0 aliphatic carbocycles. The average molecular weight is 421 g/mol. The number of rotatable bonds is 8. The first-order valence-corrected chi connectivity index (χ1v) is 10.8. The van der Waals surface area contributed by atoms with Gasteiger partial charge in [-0.3, -0.25) is 14.5 Å². The number of hydrogen-bond acceptors (Lipinski definition) is 5. The van der Waals surface area contributed by atoms with Gasteiger partial charge in [0.15, 0.2) is 0 Å². The number of nitrogens with zero attached hydrogens (tertiary/aromatic N) is 2. The Kier molecular flexibility index (Phi) is 6.37. The summed E-state index contributed by atoms with van der Waals surface area (Å²) in [4.78, 5) is 30.2. The Labute approximate surface area is 183 Å². The van der Waals surface area contributed by atoms with Gasteiger partial charge in [-0.05, 0) is 48.6 Å². The summed E-state index contributed by atoms with van der Waals surface area (Å²) in [5, 5.41) is 0. The quantitative estimate of drug-likeness (QED) is 0.485. The molecule has 0 saturated carbocycles. The van der Waals surface area contributed by atoms with Crippen molar-refractivity contribution < 1.29 is 19.1 Å². The molecule has 31 heavy (non-hydrogen) atoms. The van der Waals surface area contributed by atoms with Gasteiger partial charge in [-0.2, -0.15) is 0 Å². The fourth-order valence-electron chi connectivity index (χ4n) is 4.23. The Hall–Kier alpha value is -3.12. The van der Waals surface area contributed by atoms with Crippen molar-refractivity contribution in [3.05, 3.63) is 70.9 Å². The third-order valence-corrected chi connectivity index (χ3v) is 5.84. The van der Waals surface area contributed by atoms with Gasteiger partial charge in [-0.1, -0.05) is 36.4 Å². The Morgan fingerprint density at radius 1 is 0.968 bits per heavy atom. The summed E-state index contributed by atoms with van der Waals surface area (Å²) < 4.78 is 10.7. The summed E-state index contributed by atoms with van der Waals surface area (Å²) >= 11 is 0. The van der Waals surface area contributed by atoms with E-state index in [4.69, 9.17) is 9.47 Å². The zero-order valence-electron chi connectivity index (χ0n) is 18.1. The lowest BCUT2D eigenvalue weighted by Crippen LogP contribution is -2.38. The van der Waals surface area contributed by atoms with E-state index in [1.54, 1.807) is 7.11 Å². The molecule has 2 aromatic rings. The van der Waals surface area contributed by atoms with E-state index in [1.165, 1.54) is 16.0 Å². The molecule has 6 nitrogen and oxygen atoms in total. The molecule has 0 unspecified atom stereocenters. The summed E-state index contributed by atoms with van der Waals surface area (Å²) in [7, 11) is 1.61. The Morgan fingerprint density at radius 3 is 2.42 bits per heavy atom. The van der Waals surface area contributed by atoms with Crippen LogP contribution in [-0.2, 0) is 27.3 Å². The molecule has 162 valence electrons. The lowest BCUT2D eigenvalue weighted by Gasteiger charge is -2.31. The molecule has 2 aromatic carbocycles. The van der Waals surface area contributed by atoms with E-state index < -0.39 is 0 Å². The normalized spacial score (nSPS) is 16.2. The topological polar surface area (TPSA) is 59.1 Å². The standard InChI is InChI=1S/C25H28N2O4/c1-3-31-16-6-14-27-24(28)22(19-9-11-21(30-2)12-10-19)23(25(27)29)26-15-13-18-7-4-5-8-20(18)17-26/h4-5,7-12H,3,6,13-17H2,1-2H3. The number of imide groups is 1. The number of methoxy groups -OCH3 is 1. The number of ether oxygens (including phenoxy) is 2. The van der Waals surface area contributed by atoms with E-state index >= 15 is 0 Å². The zero-order chi connectivity index (χ0) is 21.8. The minimum Gasteiger partial charge on any atom is -0.497 e. The zero-order valence-corrected chi connectivity index (χ0v) is 18.1. The number of amides is 2. The highest BCUT2D eigenvalue weighted by Crippen LogP contribution is 2.35. The molecule has 0 fully saturated rings. The number of fused-ring (bicyclic) bond motifs is 1. The fourth-order valence-corrected chi connectivity index (χ4v) is 4.23. The maximum Gasteiger partial charge on any atom is 0.277 e. The van der Waals surface area contributed by atoms with Crippen molar-refractivity contribution in [2.45, 2.75) is 26.3 Å². The van der Waals surface area contributed by atoms with Gasteiger partial charge in [-0.25, -0.2) is 0 Å². The van der Waals surface area contributed by atoms with Gasteiger partial charge in [0.1, 0.15) is 11.4 Å². The summed E-state index contributed by atoms with van der Waals surface area (Å²) in [5.74, 6) is 0.260. The maximum absolute atomic E-state index is 13.4. The monoisotopic (exact) mass is 420 g/mol. The van der Waals surface area contributed by atoms with Crippen molar-refractivity contribution in [3.8, 4) is 5.75 Å². The van der Waals surface area contributed by atoms with E-state index in [2.05, 4.69) is 17.0 Å². The molecule has 2 heterocycles. The maximum atomic E-state index is 13.4. The Morgan fingerprint density at radius 2 is 1.71 bits per heavy atom. The van der Waals surface area contributed by atoms with Crippen LogP contribution in [0.25, 0.3) is 5.57 Å². The molecule has 6 heteroatoms. The molecule has 0 N–H and O–H groups in total. The Bertz CT molecular complexity index is 997. The van der Waals surface area contributed by atoms with Gasteiger partial charge in [0.25, 0.3) is 11.8 Å². The van der Waals surface area contributed by atoms with E-state index in [9.17, 15) is 9.59 Å². The second-order valence-electron chi connectivity index (χ2n) is 7.70. The fraction of sp³-hybridized carbons (Fsp3) is 0.360. The van der Waals surface area contributed by atoms with Crippen LogP contribution >= 0.6 is 0 Å². The molecule has 0 spiro atoms. The van der Waals surface area contributed by atoms with Crippen LogP contribution in [0.2, 0.25) is 0 Å². The van der Waals surface area contributed by atoms with Gasteiger partial charge in [0, 0.05) is 32.8 Å². The summed E-state index contributed by atoms with van der Waals surface area (Å²) in [5.41, 5.74) is 4.21. The summed E-state index contributed by atoms with van der Waals surface area (Å²) in [6.45, 7) is 4.76. The van der Waals surface area contributed by atoms with Crippen molar-refractivity contribution in [1.29, 1.82) is 0 Å². The van der Waals surface area contributed by atoms with Gasteiger partial charge >= 0.3 is 0 Å². The average Bonchev–Trinajstić information content (AvgIpc) is 3.06. The number of hydrogen-bond donors (Lipinski definition) is 0. The number of carbonyl (C=O) groups excluding carboxylic acids is 2. The van der Waals surface area contributed by atoms with Crippen molar-refractivity contribution in [2.24, 2.45) is 0 Å². The van der Waals surface area contributed by atoms with Gasteiger partial charge in [0.05, 0.1) is 12.7 Å². The van der Waals surface area contributed by atoms with Gasteiger partial charge in [-0.15, -0.1) is 0 Å². The first-order valence-electron chi connectivity index (χ1n) is 10.8. The van der Waals surface area contributed by atoms with Crippen molar-refractivity contribution >= 4 is 17.4 Å². The lowest BCUT2D eigenvalue weighted by molar-refractivity contribution is -0.137. The summed E-state index contributed by atoms with van der Waals surface area (Å²) in [6, 6.07) is 15.6. The van der Waals surface area contributed by atoms with Crippen LogP contribution in [0, 0.1) is 0 Å². The largest absolute Gasteiger partial charge is 0.497 e. The highest BCUT2D eigenvalue weighted by Gasteiger charge is 2.41. The van der Waals surface area contributed by atoms with E-state index in [0.717, 1.165) is 12.0 Å². The molecular formula is C25H28N2O4. The first kappa shape index (κ1) is 21.1. The second-order valence-corrected chi connectivity index (χ2v) is 7.70. The Balaban J connectivity index is 1.68. The first-order chi connectivity index (χ1) is 15.1. The van der Waals surface area contributed by atoms with Crippen LogP contribution in [0.5, 0.6) is 5.75 Å². The third kappa shape index (κ3) is 4.21. The third-order valence-electron chi connectivity index (χ3n) is 5.84. The van der Waals surface area contributed by atoms with E-state index in [0.29, 0.717) is 56.3 Å². The minimum absolute atomic E-state index is 0.216. The molecule has 0 atom stereocenters. The molecule has 0 aromatic heterocycles. The highest BCUT2D eigenvalue weighted by atomic mass is 16.5. The minimum atomic E-state index is -0.236. The number of benzene rings is 2. The van der Waals surface area contributed by atoms with Crippen LogP contribution in [0.3, 0.4) is 0 Å². The van der Waals surface area contributed by atoms with Crippen LogP contribution in [-0.4, -0.2) is 55.0 Å². The highest BCUT2D eigenvalue weighted by molar-refractivity contribution is 6.35.